The lowest BCUT2D eigenvalue weighted by Crippen LogP contribution is -2.10. The molecular weight excluding hydrogens is 208 g/mol. The second kappa shape index (κ2) is 9.09. The molecule has 1 rings (SSSR count). The van der Waals surface area contributed by atoms with Gasteiger partial charge in [-0.3, -0.25) is 0 Å². The van der Waals surface area contributed by atoms with E-state index >= 15 is 0 Å². The molecule has 0 amide bonds. The van der Waals surface area contributed by atoms with Crippen molar-refractivity contribution in [3.05, 3.63) is 29.8 Å². The van der Waals surface area contributed by atoms with E-state index in [1.807, 2.05) is 26.0 Å². The summed E-state index contributed by atoms with van der Waals surface area (Å²) in [7, 11) is 0. The molecule has 1 atom stereocenters. The normalized spacial score (nSPS) is 11.7. The highest BCUT2D eigenvalue weighted by atomic mass is 16.5. The molecule has 0 radical (unpaired) electrons. The van der Waals surface area contributed by atoms with Gasteiger partial charge in [-0.1, -0.05) is 52.3 Å². The fourth-order valence-corrected chi connectivity index (χ4v) is 1.75. The molecule has 0 heterocycles. The van der Waals surface area contributed by atoms with Crippen LogP contribution in [-0.2, 0) is 0 Å². The molecule has 1 nitrogen and oxygen atoms in total. The summed E-state index contributed by atoms with van der Waals surface area (Å²) in [5.74, 6) is 2.36. The fourth-order valence-electron chi connectivity index (χ4n) is 1.75. The standard InChI is InChI=1S/C14H22O.C2H6/c1-11(2)9-13(4)10-15-14-7-5-12(3)6-8-14;1-2/h5-8,11,13H,9-10H2,1-4H3;1-2H3. The molecule has 0 aliphatic heterocycles. The zero-order valence-corrected chi connectivity index (χ0v) is 12.3. The van der Waals surface area contributed by atoms with Crippen LogP contribution in [0.1, 0.15) is 46.6 Å². The van der Waals surface area contributed by atoms with Gasteiger partial charge in [0, 0.05) is 0 Å². The van der Waals surface area contributed by atoms with Gasteiger partial charge in [-0.25, -0.2) is 0 Å². The minimum atomic E-state index is 0.631. The van der Waals surface area contributed by atoms with E-state index in [9.17, 15) is 0 Å². The lowest BCUT2D eigenvalue weighted by atomic mass is 10.00. The number of hydrogen-bond donors (Lipinski definition) is 0. The van der Waals surface area contributed by atoms with Gasteiger partial charge in [0.05, 0.1) is 6.61 Å². The molecule has 0 fully saturated rings. The molecule has 0 N–H and O–H groups in total. The van der Waals surface area contributed by atoms with Gasteiger partial charge in [0.1, 0.15) is 5.75 Å². The highest BCUT2D eigenvalue weighted by Crippen LogP contribution is 2.15. The van der Waals surface area contributed by atoms with Gasteiger partial charge in [-0.2, -0.15) is 0 Å². The molecule has 1 aromatic rings. The van der Waals surface area contributed by atoms with Crippen LogP contribution in [-0.4, -0.2) is 6.61 Å². The molecule has 1 aromatic carbocycles. The third-order valence-electron chi connectivity index (χ3n) is 2.43. The predicted molar refractivity (Wildman–Crippen MR) is 76.6 cm³/mol. The topological polar surface area (TPSA) is 9.23 Å². The van der Waals surface area contributed by atoms with Crippen LogP contribution in [0.5, 0.6) is 5.75 Å². The van der Waals surface area contributed by atoms with E-state index in [1.165, 1.54) is 12.0 Å². The summed E-state index contributed by atoms with van der Waals surface area (Å²) >= 11 is 0. The first kappa shape index (κ1) is 16.0. The van der Waals surface area contributed by atoms with Gasteiger partial charge >= 0.3 is 0 Å². The van der Waals surface area contributed by atoms with Crippen molar-refractivity contribution in [2.45, 2.75) is 48.0 Å². The van der Waals surface area contributed by atoms with Crippen molar-refractivity contribution in [2.24, 2.45) is 11.8 Å². The molecule has 0 aliphatic rings. The van der Waals surface area contributed by atoms with Crippen molar-refractivity contribution in [1.82, 2.24) is 0 Å². The zero-order valence-electron chi connectivity index (χ0n) is 12.3. The van der Waals surface area contributed by atoms with E-state index in [1.54, 1.807) is 0 Å². The summed E-state index contributed by atoms with van der Waals surface area (Å²) in [6, 6.07) is 8.25. The van der Waals surface area contributed by atoms with E-state index in [0.717, 1.165) is 18.3 Å². The summed E-state index contributed by atoms with van der Waals surface area (Å²) in [5, 5.41) is 0. The fraction of sp³-hybridized carbons (Fsp3) is 0.625. The van der Waals surface area contributed by atoms with E-state index in [-0.39, 0.29) is 0 Å². The highest BCUT2D eigenvalue weighted by molar-refractivity contribution is 5.26. The third kappa shape index (κ3) is 7.84. The van der Waals surface area contributed by atoms with Crippen LogP contribution in [0, 0.1) is 18.8 Å². The Morgan fingerprint density at radius 2 is 1.53 bits per heavy atom. The largest absolute Gasteiger partial charge is 0.493 e. The molecule has 0 bridgehead atoms. The molecule has 1 unspecified atom stereocenters. The maximum Gasteiger partial charge on any atom is 0.119 e. The highest BCUT2D eigenvalue weighted by Gasteiger charge is 2.05. The first-order valence-electron chi connectivity index (χ1n) is 6.77. The monoisotopic (exact) mass is 236 g/mol. The van der Waals surface area contributed by atoms with Crippen LogP contribution in [0.15, 0.2) is 24.3 Å². The van der Waals surface area contributed by atoms with Crippen LogP contribution >= 0.6 is 0 Å². The van der Waals surface area contributed by atoms with Gasteiger partial charge in [-0.15, -0.1) is 0 Å². The second-order valence-electron chi connectivity index (χ2n) is 4.86. The van der Waals surface area contributed by atoms with Crippen LogP contribution in [0.3, 0.4) is 0 Å². The summed E-state index contributed by atoms with van der Waals surface area (Å²) in [6.07, 6.45) is 1.23. The minimum absolute atomic E-state index is 0.631. The lowest BCUT2D eigenvalue weighted by molar-refractivity contribution is 0.239. The Morgan fingerprint density at radius 3 is 2.00 bits per heavy atom. The Bertz CT molecular complexity index is 274. The predicted octanol–water partition coefficient (Wildman–Crippen LogP) is 5.08. The molecule has 0 aliphatic carbocycles. The van der Waals surface area contributed by atoms with Crippen LogP contribution < -0.4 is 4.74 Å². The smallest absolute Gasteiger partial charge is 0.119 e. The average Bonchev–Trinajstić information content (AvgIpc) is 2.30. The SMILES string of the molecule is CC.Cc1ccc(OCC(C)CC(C)C)cc1. The van der Waals surface area contributed by atoms with Gasteiger partial charge < -0.3 is 4.74 Å². The summed E-state index contributed by atoms with van der Waals surface area (Å²) in [6.45, 7) is 13.7. The quantitative estimate of drug-likeness (QED) is 0.692. The van der Waals surface area contributed by atoms with Gasteiger partial charge in [0.15, 0.2) is 0 Å². The van der Waals surface area contributed by atoms with Crippen molar-refractivity contribution < 1.29 is 4.74 Å². The van der Waals surface area contributed by atoms with E-state index in [2.05, 4.69) is 39.8 Å². The number of aryl methyl sites for hydroxylation is 1. The number of benzene rings is 1. The Labute approximate surface area is 107 Å². The maximum atomic E-state index is 5.72. The molecule has 98 valence electrons. The van der Waals surface area contributed by atoms with Gasteiger partial charge in [-0.05, 0) is 37.3 Å². The van der Waals surface area contributed by atoms with Gasteiger partial charge in [0.2, 0.25) is 0 Å². The molecule has 1 heteroatoms. The molecule has 0 saturated carbocycles. The lowest BCUT2D eigenvalue weighted by Gasteiger charge is -2.15. The molecule has 0 saturated heterocycles. The van der Waals surface area contributed by atoms with Crippen molar-refractivity contribution in [1.29, 1.82) is 0 Å². The second-order valence-corrected chi connectivity index (χ2v) is 4.86. The summed E-state index contributed by atoms with van der Waals surface area (Å²) < 4.78 is 5.72. The molecule has 17 heavy (non-hydrogen) atoms. The summed E-state index contributed by atoms with van der Waals surface area (Å²) in [5.41, 5.74) is 1.28. The van der Waals surface area contributed by atoms with E-state index in [0.29, 0.717) is 5.92 Å². The average molecular weight is 236 g/mol. The third-order valence-corrected chi connectivity index (χ3v) is 2.43. The first-order valence-corrected chi connectivity index (χ1v) is 6.77. The van der Waals surface area contributed by atoms with Crippen molar-refractivity contribution in [2.75, 3.05) is 6.61 Å². The van der Waals surface area contributed by atoms with Crippen LogP contribution in [0.25, 0.3) is 0 Å². The maximum absolute atomic E-state index is 5.72. The van der Waals surface area contributed by atoms with Crippen molar-refractivity contribution in [3.8, 4) is 5.75 Å². The zero-order chi connectivity index (χ0) is 13.3. The Kier molecular flexibility index (Phi) is 8.57. The Morgan fingerprint density at radius 1 is 1.00 bits per heavy atom. The van der Waals surface area contributed by atoms with Crippen LogP contribution in [0.2, 0.25) is 0 Å². The molecule has 0 spiro atoms. The van der Waals surface area contributed by atoms with Gasteiger partial charge in [0.25, 0.3) is 0 Å². The van der Waals surface area contributed by atoms with Crippen LogP contribution in [0.4, 0.5) is 0 Å². The van der Waals surface area contributed by atoms with E-state index in [4.69, 9.17) is 4.74 Å². The van der Waals surface area contributed by atoms with Crippen molar-refractivity contribution >= 4 is 0 Å². The first-order chi connectivity index (χ1) is 8.08. The number of hydrogen-bond acceptors (Lipinski definition) is 1. The molecule has 0 aromatic heterocycles. The van der Waals surface area contributed by atoms with E-state index < -0.39 is 0 Å². The Hall–Kier alpha value is -0.980. The Balaban J connectivity index is 0.00000121. The van der Waals surface area contributed by atoms with Crippen molar-refractivity contribution in [3.63, 3.8) is 0 Å². The number of rotatable bonds is 5. The summed E-state index contributed by atoms with van der Waals surface area (Å²) in [4.78, 5) is 0. The number of ether oxygens (including phenoxy) is 1. The molecular formula is C16H28O. The minimum Gasteiger partial charge on any atom is -0.493 e.